The Hall–Kier alpha value is -1.33. The minimum atomic E-state index is -4.65. The zero-order valence-corrected chi connectivity index (χ0v) is 8.95. The molecule has 1 N–H and O–H groups in total. The van der Waals surface area contributed by atoms with Crippen molar-refractivity contribution in [2.24, 2.45) is 0 Å². The molecule has 1 aliphatic heterocycles. The number of nitrogens with one attached hydrogen (secondary N) is 1. The number of allylic oxidation sites excluding steroid dienone is 1. The Bertz CT molecular complexity index is 361. The van der Waals surface area contributed by atoms with Crippen molar-refractivity contribution in [3.8, 4) is 0 Å². The minimum Gasteiger partial charge on any atom is -0.489 e. The standard InChI is InChI=1S/C8H8ClF3N2O2/c1-2-16-6-5(3-15)14(4-9)13-7(6)8(10,11)12/h13H,2,4H2,1H3. The van der Waals surface area contributed by atoms with Crippen molar-refractivity contribution in [3.63, 3.8) is 0 Å². The molecule has 1 aliphatic rings. The van der Waals surface area contributed by atoms with E-state index in [2.05, 4.69) is 0 Å². The molecule has 1 heterocycles. The summed E-state index contributed by atoms with van der Waals surface area (Å²) >= 11 is 5.38. The number of ether oxygens (including phenoxy) is 1. The molecule has 0 fully saturated rings. The average Bonchev–Trinajstić information content (AvgIpc) is 2.56. The zero-order valence-electron chi connectivity index (χ0n) is 8.19. The highest BCUT2D eigenvalue weighted by atomic mass is 35.5. The molecule has 16 heavy (non-hydrogen) atoms. The topological polar surface area (TPSA) is 41.6 Å². The van der Waals surface area contributed by atoms with Gasteiger partial charge in [0.15, 0.2) is 23.1 Å². The van der Waals surface area contributed by atoms with Crippen LogP contribution >= 0.6 is 11.6 Å². The Balaban J connectivity index is 3.18. The van der Waals surface area contributed by atoms with Crippen LogP contribution in [0.1, 0.15) is 6.92 Å². The summed E-state index contributed by atoms with van der Waals surface area (Å²) in [5, 5.41) is 0.808. The van der Waals surface area contributed by atoms with E-state index in [9.17, 15) is 18.0 Å². The van der Waals surface area contributed by atoms with Gasteiger partial charge in [0.25, 0.3) is 0 Å². The van der Waals surface area contributed by atoms with E-state index in [0.717, 1.165) is 5.01 Å². The molecule has 0 saturated heterocycles. The van der Waals surface area contributed by atoms with E-state index in [1.54, 1.807) is 0 Å². The maximum absolute atomic E-state index is 12.5. The predicted octanol–water partition coefficient (Wildman–Crippen LogP) is 1.53. The molecule has 4 nitrogen and oxygen atoms in total. The second-order valence-electron chi connectivity index (χ2n) is 2.74. The second-order valence-corrected chi connectivity index (χ2v) is 2.98. The van der Waals surface area contributed by atoms with Gasteiger partial charge in [-0.3, -0.25) is 10.4 Å². The van der Waals surface area contributed by atoms with Gasteiger partial charge in [0.05, 0.1) is 6.61 Å². The third-order valence-corrected chi connectivity index (χ3v) is 1.99. The number of nitrogens with zero attached hydrogens (tertiary/aromatic N) is 1. The van der Waals surface area contributed by atoms with Crippen LogP contribution in [0, 0.1) is 0 Å². The number of carbonyl (C=O) groups excluding carboxylic acids is 1. The molecule has 0 saturated carbocycles. The minimum absolute atomic E-state index is 0.00208. The summed E-state index contributed by atoms with van der Waals surface area (Å²) in [6.45, 7) is 1.50. The molecule has 0 aromatic heterocycles. The van der Waals surface area contributed by atoms with Crippen LogP contribution in [0.4, 0.5) is 13.2 Å². The number of halogens is 4. The zero-order chi connectivity index (χ0) is 12.3. The van der Waals surface area contributed by atoms with Gasteiger partial charge in [0.1, 0.15) is 6.00 Å². The molecule has 0 amide bonds. The summed E-state index contributed by atoms with van der Waals surface area (Å²) in [6.07, 6.45) is -4.65. The van der Waals surface area contributed by atoms with Crippen LogP contribution in [0.5, 0.6) is 0 Å². The van der Waals surface area contributed by atoms with Crippen LogP contribution in [-0.4, -0.2) is 29.7 Å². The van der Waals surface area contributed by atoms with Crippen molar-refractivity contribution in [3.05, 3.63) is 17.2 Å². The van der Waals surface area contributed by atoms with Gasteiger partial charge < -0.3 is 4.74 Å². The lowest BCUT2D eigenvalue weighted by molar-refractivity contribution is -0.102. The van der Waals surface area contributed by atoms with Crippen LogP contribution in [0.25, 0.3) is 0 Å². The Kier molecular flexibility index (Phi) is 3.72. The molecule has 0 aromatic rings. The fourth-order valence-corrected chi connectivity index (χ4v) is 1.33. The first-order chi connectivity index (χ1) is 7.45. The van der Waals surface area contributed by atoms with Crippen molar-refractivity contribution in [1.29, 1.82) is 0 Å². The molecular formula is C8H8ClF3N2O2. The van der Waals surface area contributed by atoms with E-state index in [1.165, 1.54) is 12.9 Å². The largest absolute Gasteiger partial charge is 0.489 e. The molecule has 8 heteroatoms. The first kappa shape index (κ1) is 12.7. The fraction of sp³-hybridized carbons (Fsp3) is 0.500. The van der Waals surface area contributed by atoms with Crippen molar-refractivity contribution in [1.82, 2.24) is 10.4 Å². The van der Waals surface area contributed by atoms with Gasteiger partial charge >= 0.3 is 6.18 Å². The van der Waals surface area contributed by atoms with E-state index in [4.69, 9.17) is 16.3 Å². The Morgan fingerprint density at radius 2 is 2.19 bits per heavy atom. The molecule has 90 valence electrons. The van der Waals surface area contributed by atoms with E-state index in [0.29, 0.717) is 0 Å². The molecule has 1 rings (SSSR count). The molecule has 0 unspecified atom stereocenters. The van der Waals surface area contributed by atoms with E-state index >= 15 is 0 Å². The summed E-state index contributed by atoms with van der Waals surface area (Å²) in [5.41, 5.74) is 0.418. The second kappa shape index (κ2) is 4.67. The van der Waals surface area contributed by atoms with Crippen molar-refractivity contribution in [2.75, 3.05) is 12.6 Å². The highest BCUT2D eigenvalue weighted by Crippen LogP contribution is 2.34. The maximum Gasteiger partial charge on any atom is 0.436 e. The highest BCUT2D eigenvalue weighted by molar-refractivity contribution is 6.17. The number of hydrogen-bond acceptors (Lipinski definition) is 4. The summed E-state index contributed by atoms with van der Waals surface area (Å²) in [6, 6.07) is -0.333. The first-order valence-electron chi connectivity index (χ1n) is 4.25. The summed E-state index contributed by atoms with van der Waals surface area (Å²) in [7, 11) is 0. The molecular weight excluding hydrogens is 249 g/mol. The molecule has 0 aliphatic carbocycles. The van der Waals surface area contributed by atoms with Gasteiger partial charge in [-0.05, 0) is 6.92 Å². The van der Waals surface area contributed by atoms with Crippen molar-refractivity contribution in [2.45, 2.75) is 13.1 Å². The van der Waals surface area contributed by atoms with Crippen LogP contribution in [0.3, 0.4) is 0 Å². The quantitative estimate of drug-likeness (QED) is 0.472. The number of hydrazine groups is 1. The SMILES string of the molecule is CCOC1=C(C(F)(F)F)NN(CCl)C1=C=O. The molecule has 0 spiro atoms. The van der Waals surface area contributed by atoms with Crippen LogP contribution in [0.2, 0.25) is 0 Å². The summed E-state index contributed by atoms with van der Waals surface area (Å²) in [4.78, 5) is 10.6. The van der Waals surface area contributed by atoms with Crippen LogP contribution in [-0.2, 0) is 9.53 Å². The molecule has 0 aromatic carbocycles. The van der Waals surface area contributed by atoms with Gasteiger partial charge in [0, 0.05) is 0 Å². The average molecular weight is 257 g/mol. The number of rotatable bonds is 3. The molecule has 0 bridgehead atoms. The predicted molar refractivity (Wildman–Crippen MR) is 49.6 cm³/mol. The van der Waals surface area contributed by atoms with Crippen LogP contribution < -0.4 is 5.43 Å². The Morgan fingerprint density at radius 1 is 1.56 bits per heavy atom. The van der Waals surface area contributed by atoms with Gasteiger partial charge in [-0.1, -0.05) is 0 Å². The summed E-state index contributed by atoms with van der Waals surface area (Å²) < 4.78 is 42.4. The lowest BCUT2D eigenvalue weighted by Crippen LogP contribution is -2.34. The van der Waals surface area contributed by atoms with E-state index in [-0.39, 0.29) is 18.3 Å². The lowest BCUT2D eigenvalue weighted by Gasteiger charge is -2.16. The van der Waals surface area contributed by atoms with E-state index < -0.39 is 17.6 Å². The third kappa shape index (κ3) is 2.25. The number of alkyl halides is 4. The Labute approximate surface area is 94.3 Å². The van der Waals surface area contributed by atoms with Crippen LogP contribution in [0.15, 0.2) is 17.2 Å². The fourth-order valence-electron chi connectivity index (χ4n) is 1.15. The van der Waals surface area contributed by atoms with Crippen molar-refractivity contribution >= 4 is 17.5 Å². The van der Waals surface area contributed by atoms with Gasteiger partial charge in [0.2, 0.25) is 0 Å². The Morgan fingerprint density at radius 3 is 2.56 bits per heavy atom. The molecule has 0 radical (unpaired) electrons. The third-order valence-electron chi connectivity index (χ3n) is 1.75. The first-order valence-corrected chi connectivity index (χ1v) is 4.79. The lowest BCUT2D eigenvalue weighted by atomic mass is 10.3. The van der Waals surface area contributed by atoms with Crippen molar-refractivity contribution < 1.29 is 22.7 Å². The molecule has 0 atom stereocenters. The number of hydrogen-bond donors (Lipinski definition) is 1. The van der Waals surface area contributed by atoms with Gasteiger partial charge in [-0.15, -0.1) is 11.6 Å². The summed E-state index contributed by atoms with van der Waals surface area (Å²) in [5.74, 6) is 0.787. The smallest absolute Gasteiger partial charge is 0.436 e. The van der Waals surface area contributed by atoms with Gasteiger partial charge in [-0.25, -0.2) is 4.79 Å². The normalized spacial score (nSPS) is 16.3. The highest BCUT2D eigenvalue weighted by Gasteiger charge is 2.45. The maximum atomic E-state index is 12.5. The monoisotopic (exact) mass is 256 g/mol. The van der Waals surface area contributed by atoms with E-state index in [1.807, 2.05) is 5.43 Å². The van der Waals surface area contributed by atoms with Gasteiger partial charge in [-0.2, -0.15) is 13.2 Å².